The third-order valence-corrected chi connectivity index (χ3v) is 7.66. The van der Waals surface area contributed by atoms with Gasteiger partial charge in [-0.05, 0) is 72.6 Å². The molecule has 5 rings (SSSR count). The summed E-state index contributed by atoms with van der Waals surface area (Å²) in [4.78, 5) is 20.2. The topological polar surface area (TPSA) is 77.2 Å². The Labute approximate surface area is 183 Å². The fourth-order valence-electron chi connectivity index (χ4n) is 5.91. The van der Waals surface area contributed by atoms with Crippen LogP contribution in [-0.4, -0.2) is 44.1 Å². The summed E-state index contributed by atoms with van der Waals surface area (Å²) < 4.78 is 11.0. The SMILES string of the molecule is COc1cccc(-c2ccc3c(c2)C2(N=C(N)N(C)C2=O)[C@]2(CC[C@H](OC)CC2)C3)c1. The lowest BCUT2D eigenvalue weighted by Gasteiger charge is -2.45. The minimum absolute atomic E-state index is 0.0117. The van der Waals surface area contributed by atoms with E-state index in [4.69, 9.17) is 20.2 Å². The third-order valence-electron chi connectivity index (χ3n) is 7.66. The van der Waals surface area contributed by atoms with Gasteiger partial charge < -0.3 is 15.2 Å². The van der Waals surface area contributed by atoms with E-state index in [0.29, 0.717) is 5.96 Å². The molecule has 31 heavy (non-hydrogen) atoms. The van der Waals surface area contributed by atoms with Crippen LogP contribution in [0.15, 0.2) is 47.5 Å². The standard InChI is InChI=1S/C25H29N3O3/c1-28-22(29)25(27-23(28)26)21-14-17(16-5-4-6-20(13-16)31-3)7-8-18(21)15-24(25)11-9-19(30-2)10-12-24/h4-8,13-14,19H,9-12,15H2,1-3H3,(H2,26,27)/t19-,24-,25?. The van der Waals surface area contributed by atoms with Crippen molar-refractivity contribution >= 4 is 11.9 Å². The number of carbonyl (C=O) groups excluding carboxylic acids is 1. The molecule has 0 radical (unpaired) electrons. The van der Waals surface area contributed by atoms with Crippen LogP contribution in [0.1, 0.15) is 36.8 Å². The molecule has 1 heterocycles. The summed E-state index contributed by atoms with van der Waals surface area (Å²) in [5.41, 5.74) is 9.32. The van der Waals surface area contributed by atoms with Crippen molar-refractivity contribution in [1.29, 1.82) is 0 Å². The second-order valence-electron chi connectivity index (χ2n) is 9.04. The second-order valence-corrected chi connectivity index (χ2v) is 9.04. The molecule has 1 aliphatic heterocycles. The van der Waals surface area contributed by atoms with Crippen molar-refractivity contribution in [2.45, 2.75) is 43.7 Å². The summed E-state index contributed by atoms with van der Waals surface area (Å²) in [6, 6.07) is 14.4. The van der Waals surface area contributed by atoms with Crippen molar-refractivity contribution in [3.63, 3.8) is 0 Å². The van der Waals surface area contributed by atoms with Gasteiger partial charge in [-0.25, -0.2) is 4.99 Å². The number of nitrogens with two attached hydrogens (primary N) is 1. The molecular weight excluding hydrogens is 390 g/mol. The number of likely N-dealkylation sites (N-methyl/N-ethyl adjacent to an activating group) is 1. The van der Waals surface area contributed by atoms with Gasteiger partial charge in [0.05, 0.1) is 13.2 Å². The first-order valence-electron chi connectivity index (χ1n) is 10.9. The number of benzene rings is 2. The molecule has 0 aromatic heterocycles. The van der Waals surface area contributed by atoms with Gasteiger partial charge in [-0.2, -0.15) is 0 Å². The molecule has 2 aromatic carbocycles. The van der Waals surface area contributed by atoms with Crippen LogP contribution >= 0.6 is 0 Å². The molecular formula is C25H29N3O3. The fraction of sp³-hybridized carbons (Fsp3) is 0.440. The molecule has 162 valence electrons. The molecule has 1 saturated carbocycles. The molecule has 6 heteroatoms. The van der Waals surface area contributed by atoms with E-state index >= 15 is 0 Å². The van der Waals surface area contributed by atoms with Gasteiger partial charge >= 0.3 is 0 Å². The molecule has 1 atom stereocenters. The third kappa shape index (κ3) is 2.74. The first-order valence-corrected chi connectivity index (χ1v) is 10.9. The molecule has 3 aliphatic rings. The van der Waals surface area contributed by atoms with Crippen LogP contribution in [-0.2, 0) is 21.5 Å². The molecule has 2 spiro atoms. The maximum atomic E-state index is 13.8. The molecule has 0 saturated heterocycles. The number of fused-ring (bicyclic) bond motifs is 3. The number of aliphatic imine (C=N–C) groups is 1. The van der Waals surface area contributed by atoms with Crippen LogP contribution in [0.2, 0.25) is 0 Å². The minimum atomic E-state index is -0.950. The van der Waals surface area contributed by atoms with E-state index in [1.807, 2.05) is 18.2 Å². The number of hydrogen-bond acceptors (Lipinski definition) is 5. The largest absolute Gasteiger partial charge is 0.497 e. The molecule has 1 amide bonds. The summed E-state index contributed by atoms with van der Waals surface area (Å²) in [6.45, 7) is 0. The van der Waals surface area contributed by atoms with Gasteiger partial charge in [-0.1, -0.05) is 24.3 Å². The summed E-state index contributed by atoms with van der Waals surface area (Å²) >= 11 is 0. The van der Waals surface area contributed by atoms with Crippen LogP contribution < -0.4 is 10.5 Å². The van der Waals surface area contributed by atoms with E-state index in [9.17, 15) is 4.79 Å². The summed E-state index contributed by atoms with van der Waals surface area (Å²) in [7, 11) is 5.17. The number of carbonyl (C=O) groups is 1. The van der Waals surface area contributed by atoms with Crippen molar-refractivity contribution < 1.29 is 14.3 Å². The maximum absolute atomic E-state index is 13.8. The number of methoxy groups -OCH3 is 2. The lowest BCUT2D eigenvalue weighted by Crippen LogP contribution is -2.51. The van der Waals surface area contributed by atoms with Gasteiger partial charge in [-0.15, -0.1) is 0 Å². The van der Waals surface area contributed by atoms with Crippen LogP contribution in [0.4, 0.5) is 0 Å². The average Bonchev–Trinajstić information content (AvgIpc) is 3.20. The average molecular weight is 420 g/mol. The van der Waals surface area contributed by atoms with Gasteiger partial charge in [-0.3, -0.25) is 9.69 Å². The number of nitrogens with zero attached hydrogens (tertiary/aromatic N) is 2. The van der Waals surface area contributed by atoms with E-state index in [1.54, 1.807) is 21.3 Å². The number of hydrogen-bond donors (Lipinski definition) is 1. The van der Waals surface area contributed by atoms with Gasteiger partial charge in [0.25, 0.3) is 5.91 Å². The molecule has 1 unspecified atom stereocenters. The van der Waals surface area contributed by atoms with Gasteiger partial charge in [0.1, 0.15) is 5.75 Å². The molecule has 2 N–H and O–H groups in total. The quantitative estimate of drug-likeness (QED) is 0.826. The van der Waals surface area contributed by atoms with E-state index in [2.05, 4.69) is 24.3 Å². The Morgan fingerprint density at radius 3 is 2.48 bits per heavy atom. The Balaban J connectivity index is 1.66. The van der Waals surface area contributed by atoms with Gasteiger partial charge in [0.15, 0.2) is 11.5 Å². The second kappa shape index (κ2) is 7.09. The predicted octanol–water partition coefficient (Wildman–Crippen LogP) is 3.48. The molecule has 6 nitrogen and oxygen atoms in total. The van der Waals surface area contributed by atoms with E-state index in [1.165, 1.54) is 10.5 Å². The minimum Gasteiger partial charge on any atom is -0.497 e. The van der Waals surface area contributed by atoms with Crippen molar-refractivity contribution in [2.24, 2.45) is 16.1 Å². The summed E-state index contributed by atoms with van der Waals surface area (Å²) in [6.07, 6.45) is 4.74. The zero-order chi connectivity index (χ0) is 21.8. The lowest BCUT2D eigenvalue weighted by molar-refractivity contribution is -0.137. The van der Waals surface area contributed by atoms with Crippen molar-refractivity contribution in [2.75, 3.05) is 21.3 Å². The first kappa shape index (κ1) is 20.1. The molecule has 1 fully saturated rings. The van der Waals surface area contributed by atoms with Gasteiger partial charge in [0, 0.05) is 19.6 Å². The first-order chi connectivity index (χ1) is 14.9. The highest BCUT2D eigenvalue weighted by Crippen LogP contribution is 2.62. The summed E-state index contributed by atoms with van der Waals surface area (Å²) in [5, 5.41) is 0. The molecule has 2 aliphatic carbocycles. The number of amides is 1. The van der Waals surface area contributed by atoms with Crippen molar-refractivity contribution in [3.8, 4) is 16.9 Å². The number of rotatable bonds is 3. The lowest BCUT2D eigenvalue weighted by atomic mass is 9.61. The maximum Gasteiger partial charge on any atom is 0.262 e. The van der Waals surface area contributed by atoms with E-state index < -0.39 is 5.54 Å². The highest BCUT2D eigenvalue weighted by atomic mass is 16.5. The van der Waals surface area contributed by atoms with Crippen LogP contribution in [0, 0.1) is 5.41 Å². The Kier molecular flexibility index (Phi) is 4.59. The molecule has 0 bridgehead atoms. The van der Waals surface area contributed by atoms with E-state index in [0.717, 1.165) is 54.5 Å². The van der Waals surface area contributed by atoms with Gasteiger partial charge in [0.2, 0.25) is 0 Å². The van der Waals surface area contributed by atoms with Crippen LogP contribution in [0.5, 0.6) is 5.75 Å². The van der Waals surface area contributed by atoms with E-state index in [-0.39, 0.29) is 17.4 Å². The van der Waals surface area contributed by atoms with Crippen LogP contribution in [0.25, 0.3) is 11.1 Å². The predicted molar refractivity (Wildman–Crippen MR) is 120 cm³/mol. The zero-order valence-electron chi connectivity index (χ0n) is 18.4. The Morgan fingerprint density at radius 1 is 1.10 bits per heavy atom. The van der Waals surface area contributed by atoms with Crippen molar-refractivity contribution in [1.82, 2.24) is 4.90 Å². The fourth-order valence-corrected chi connectivity index (χ4v) is 5.91. The summed E-state index contributed by atoms with van der Waals surface area (Å²) in [5.74, 6) is 1.10. The molecule has 2 aromatic rings. The number of ether oxygens (including phenoxy) is 2. The normalized spacial score (nSPS) is 29.5. The smallest absolute Gasteiger partial charge is 0.262 e. The van der Waals surface area contributed by atoms with Crippen molar-refractivity contribution in [3.05, 3.63) is 53.6 Å². The van der Waals surface area contributed by atoms with Crippen LogP contribution in [0.3, 0.4) is 0 Å². The highest BCUT2D eigenvalue weighted by molar-refractivity contribution is 6.08. The monoisotopic (exact) mass is 419 g/mol. The Morgan fingerprint density at radius 2 is 1.84 bits per heavy atom. The zero-order valence-corrected chi connectivity index (χ0v) is 18.4. The number of guanidine groups is 1. The Bertz CT molecular complexity index is 1070. The Hall–Kier alpha value is -2.86. The highest BCUT2D eigenvalue weighted by Gasteiger charge is 2.66.